The number of hydrogen-bond donors (Lipinski definition) is 2. The van der Waals surface area contributed by atoms with Gasteiger partial charge in [-0.25, -0.2) is 17.9 Å². The molecule has 0 aliphatic carbocycles. The number of amides is 1. The van der Waals surface area contributed by atoms with Gasteiger partial charge < -0.3 is 14.8 Å². The van der Waals surface area contributed by atoms with Crippen molar-refractivity contribution in [2.45, 2.75) is 122 Å². The summed E-state index contributed by atoms with van der Waals surface area (Å²) in [5, 5.41) is 2.74. The summed E-state index contributed by atoms with van der Waals surface area (Å²) in [6, 6.07) is 0. The number of halogens is 1. The number of alkyl halides is 1. The van der Waals surface area contributed by atoms with E-state index in [1.807, 2.05) is 0 Å². The third-order valence-corrected chi connectivity index (χ3v) is 7.81. The fourth-order valence-electron chi connectivity index (χ4n) is 3.83. The number of alkyl carbamates (subject to hydrolysis) is 1. The van der Waals surface area contributed by atoms with Crippen LogP contribution >= 0.6 is 11.6 Å². The molecule has 0 fully saturated rings. The molecule has 7 nitrogen and oxygen atoms in total. The van der Waals surface area contributed by atoms with Crippen LogP contribution in [0.3, 0.4) is 0 Å². The predicted octanol–water partition coefficient (Wildman–Crippen LogP) is 6.54. The summed E-state index contributed by atoms with van der Waals surface area (Å²) in [7, 11) is -1.94. The van der Waals surface area contributed by atoms with Gasteiger partial charge in [0.1, 0.15) is 12.7 Å². The SMILES string of the molecule is CCCCCCCCCCCCCCCCCCNC(=O)OCC(CNS(=O)(=O)CCCCl)OC. The second-order valence-corrected chi connectivity index (χ2v) is 11.7. The van der Waals surface area contributed by atoms with E-state index in [-0.39, 0.29) is 24.8 Å². The molecule has 2 N–H and O–H groups in total. The molecule has 0 spiro atoms. The Morgan fingerprint density at radius 1 is 0.800 bits per heavy atom. The van der Waals surface area contributed by atoms with Crippen LogP contribution in [0.15, 0.2) is 0 Å². The summed E-state index contributed by atoms with van der Waals surface area (Å²) in [4.78, 5) is 11.8. The van der Waals surface area contributed by atoms with Gasteiger partial charge in [0.15, 0.2) is 0 Å². The molecule has 0 aliphatic rings. The van der Waals surface area contributed by atoms with Gasteiger partial charge in [0.05, 0.1) is 5.75 Å². The van der Waals surface area contributed by atoms with Crippen molar-refractivity contribution in [2.75, 3.05) is 38.4 Å². The van der Waals surface area contributed by atoms with Crippen molar-refractivity contribution in [3.05, 3.63) is 0 Å². The molecule has 210 valence electrons. The minimum Gasteiger partial charge on any atom is -0.447 e. The number of carbonyl (C=O) groups excluding carboxylic acids is 1. The molecule has 0 rings (SSSR count). The van der Waals surface area contributed by atoms with Crippen LogP contribution in [0, 0.1) is 0 Å². The molecule has 1 amide bonds. The minimum absolute atomic E-state index is 0.0146. The van der Waals surface area contributed by atoms with E-state index in [1.165, 1.54) is 97.0 Å². The average Bonchev–Trinajstić information content (AvgIpc) is 2.84. The molecule has 0 aromatic rings. The average molecular weight is 541 g/mol. The fraction of sp³-hybridized carbons (Fsp3) is 0.962. The van der Waals surface area contributed by atoms with Gasteiger partial charge >= 0.3 is 6.09 Å². The number of rotatable bonds is 26. The van der Waals surface area contributed by atoms with Crippen LogP contribution in [-0.2, 0) is 19.5 Å². The lowest BCUT2D eigenvalue weighted by Crippen LogP contribution is -2.38. The zero-order valence-corrected chi connectivity index (χ0v) is 24.0. The van der Waals surface area contributed by atoms with E-state index in [1.54, 1.807) is 0 Å². The highest BCUT2D eigenvalue weighted by atomic mass is 35.5. The molecule has 0 aliphatic heterocycles. The Bertz CT molecular complexity index is 578. The maximum Gasteiger partial charge on any atom is 0.407 e. The first kappa shape index (κ1) is 34.4. The molecular weight excluding hydrogens is 488 g/mol. The van der Waals surface area contributed by atoms with Gasteiger partial charge in [-0.1, -0.05) is 103 Å². The summed E-state index contributed by atoms with van der Waals surface area (Å²) in [6.45, 7) is 2.89. The van der Waals surface area contributed by atoms with Crippen LogP contribution < -0.4 is 10.0 Å². The lowest BCUT2D eigenvalue weighted by atomic mass is 10.0. The van der Waals surface area contributed by atoms with Crippen LogP contribution in [0.4, 0.5) is 4.79 Å². The Hall–Kier alpha value is -0.570. The van der Waals surface area contributed by atoms with Crippen LogP contribution in [0.1, 0.15) is 116 Å². The van der Waals surface area contributed by atoms with Gasteiger partial charge in [-0.15, -0.1) is 11.6 Å². The summed E-state index contributed by atoms with van der Waals surface area (Å²) < 4.78 is 36.3. The van der Waals surface area contributed by atoms with E-state index < -0.39 is 22.2 Å². The summed E-state index contributed by atoms with van der Waals surface area (Å²) in [5.41, 5.74) is 0. The highest BCUT2D eigenvalue weighted by molar-refractivity contribution is 7.89. The fourth-order valence-corrected chi connectivity index (χ4v) is 5.23. The standard InChI is InChI=1S/C26H53ClN2O5S/c1-3-4-5-6-7-8-9-10-11-12-13-14-15-16-17-18-21-28-26(30)34-24-25(33-2)23-29-35(31,32)22-19-20-27/h25,29H,3-24H2,1-2H3,(H,28,30). The van der Waals surface area contributed by atoms with E-state index in [0.717, 1.165) is 12.8 Å². The molecule has 0 saturated heterocycles. The summed E-state index contributed by atoms with van der Waals surface area (Å²) >= 11 is 5.53. The highest BCUT2D eigenvalue weighted by Gasteiger charge is 2.16. The zero-order chi connectivity index (χ0) is 26.0. The van der Waals surface area contributed by atoms with E-state index in [4.69, 9.17) is 21.1 Å². The Balaban J connectivity index is 3.49. The van der Waals surface area contributed by atoms with Gasteiger partial charge in [0.25, 0.3) is 0 Å². The number of unbranched alkanes of at least 4 members (excludes halogenated alkanes) is 15. The first-order chi connectivity index (χ1) is 16.9. The second kappa shape index (κ2) is 25.1. The summed E-state index contributed by atoms with van der Waals surface area (Å²) in [5.74, 6) is 0.255. The predicted molar refractivity (Wildman–Crippen MR) is 147 cm³/mol. The molecule has 0 saturated carbocycles. The first-order valence-electron chi connectivity index (χ1n) is 13.9. The maximum absolute atomic E-state index is 11.8. The Kier molecular flexibility index (Phi) is 24.7. The van der Waals surface area contributed by atoms with Gasteiger partial charge in [0.2, 0.25) is 10.0 Å². The molecule has 35 heavy (non-hydrogen) atoms. The quantitative estimate of drug-likeness (QED) is 0.0959. The normalized spacial score (nSPS) is 12.5. The zero-order valence-electron chi connectivity index (χ0n) is 22.5. The molecule has 0 radical (unpaired) electrons. The van der Waals surface area contributed by atoms with Crippen molar-refractivity contribution in [1.29, 1.82) is 0 Å². The Labute approximate surface area is 220 Å². The lowest BCUT2D eigenvalue weighted by molar-refractivity contribution is 0.0384. The molecule has 0 aromatic carbocycles. The molecule has 0 aromatic heterocycles. The van der Waals surface area contributed by atoms with Gasteiger partial charge in [-0.05, 0) is 12.8 Å². The van der Waals surface area contributed by atoms with E-state index in [9.17, 15) is 13.2 Å². The van der Waals surface area contributed by atoms with Crippen LogP contribution in [0.25, 0.3) is 0 Å². The van der Waals surface area contributed by atoms with Gasteiger partial charge in [0, 0.05) is 26.1 Å². The van der Waals surface area contributed by atoms with E-state index >= 15 is 0 Å². The Morgan fingerprint density at radius 3 is 1.74 bits per heavy atom. The number of sulfonamides is 1. The Morgan fingerprint density at radius 2 is 1.29 bits per heavy atom. The maximum atomic E-state index is 11.8. The minimum atomic E-state index is -3.40. The van der Waals surface area contributed by atoms with Crippen molar-refractivity contribution in [2.24, 2.45) is 0 Å². The first-order valence-corrected chi connectivity index (χ1v) is 16.1. The number of hydrogen-bond acceptors (Lipinski definition) is 5. The molecule has 1 atom stereocenters. The largest absolute Gasteiger partial charge is 0.447 e. The monoisotopic (exact) mass is 540 g/mol. The van der Waals surface area contributed by atoms with Crippen LogP contribution in [0.2, 0.25) is 0 Å². The molecule has 9 heteroatoms. The second-order valence-electron chi connectivity index (χ2n) is 9.40. The smallest absolute Gasteiger partial charge is 0.407 e. The van der Waals surface area contributed by atoms with E-state index in [2.05, 4.69) is 17.0 Å². The van der Waals surface area contributed by atoms with Crippen molar-refractivity contribution in [1.82, 2.24) is 10.0 Å². The molecule has 1 unspecified atom stereocenters. The lowest BCUT2D eigenvalue weighted by Gasteiger charge is -2.16. The number of ether oxygens (including phenoxy) is 2. The van der Waals surface area contributed by atoms with Crippen molar-refractivity contribution < 1.29 is 22.7 Å². The van der Waals surface area contributed by atoms with Crippen LogP contribution in [0.5, 0.6) is 0 Å². The third kappa shape index (κ3) is 24.9. The molecule has 0 heterocycles. The van der Waals surface area contributed by atoms with Crippen molar-refractivity contribution in [3.8, 4) is 0 Å². The molecule has 0 bridgehead atoms. The number of carbonyl (C=O) groups is 1. The topological polar surface area (TPSA) is 93.7 Å². The van der Waals surface area contributed by atoms with E-state index in [0.29, 0.717) is 13.0 Å². The van der Waals surface area contributed by atoms with Crippen LogP contribution in [-0.4, -0.2) is 59.1 Å². The van der Waals surface area contributed by atoms with Gasteiger partial charge in [-0.2, -0.15) is 0 Å². The highest BCUT2D eigenvalue weighted by Crippen LogP contribution is 2.13. The molecular formula is C26H53ClN2O5S. The third-order valence-electron chi connectivity index (χ3n) is 6.11. The number of methoxy groups -OCH3 is 1. The van der Waals surface area contributed by atoms with Crippen molar-refractivity contribution in [3.63, 3.8) is 0 Å². The number of nitrogens with one attached hydrogen (secondary N) is 2. The van der Waals surface area contributed by atoms with Crippen molar-refractivity contribution >= 4 is 27.7 Å². The van der Waals surface area contributed by atoms with Gasteiger partial charge in [-0.3, -0.25) is 0 Å². The summed E-state index contributed by atoms with van der Waals surface area (Å²) in [6.07, 6.45) is 20.4.